The van der Waals surface area contributed by atoms with E-state index in [4.69, 9.17) is 0 Å². The Morgan fingerprint density at radius 1 is 1.50 bits per heavy atom. The van der Waals surface area contributed by atoms with Crippen molar-refractivity contribution in [2.75, 3.05) is 4.43 Å². The Morgan fingerprint density at radius 2 is 2.17 bits per heavy atom. The monoisotopic (exact) mass is 194 g/mol. The summed E-state index contributed by atoms with van der Waals surface area (Å²) in [6.45, 7) is 0. The Kier molecular flexibility index (Phi) is 0.574. The standard InChI is InChI=1S/C5H7I/c6-2-5-3-1-4(3)5/h3-5H,1-2H2/t3-,4?,5?/m1/s1. The molecule has 6 heavy (non-hydrogen) atoms. The van der Waals surface area contributed by atoms with E-state index in [1.165, 1.54) is 22.2 Å². The average Bonchev–Trinajstić information content (AvgIpc) is 2.12. The molecule has 0 amide bonds. The molecule has 0 heterocycles. The van der Waals surface area contributed by atoms with Gasteiger partial charge in [0.1, 0.15) is 0 Å². The molecule has 2 fully saturated rings. The molecule has 0 nitrogen and oxygen atoms in total. The quantitative estimate of drug-likeness (QED) is 0.440. The Morgan fingerprint density at radius 3 is 2.17 bits per heavy atom. The largest absolute Gasteiger partial charge is 0.0861 e. The molecule has 1 heteroatoms. The van der Waals surface area contributed by atoms with Crippen LogP contribution in [0.4, 0.5) is 0 Å². The summed E-state index contributed by atoms with van der Waals surface area (Å²) >= 11 is 2.49. The molecule has 0 aromatic rings. The molecule has 2 aliphatic carbocycles. The number of alkyl halides is 1. The second-order valence-corrected chi connectivity index (χ2v) is 3.26. The second kappa shape index (κ2) is 0.932. The number of hydrogen-bond donors (Lipinski definition) is 0. The lowest BCUT2D eigenvalue weighted by Crippen LogP contribution is -1.85. The van der Waals surface area contributed by atoms with Gasteiger partial charge in [-0.15, -0.1) is 0 Å². The van der Waals surface area contributed by atoms with Gasteiger partial charge in [0.25, 0.3) is 0 Å². The average molecular weight is 194 g/mol. The van der Waals surface area contributed by atoms with Crippen LogP contribution in [0.1, 0.15) is 6.42 Å². The Bertz CT molecular complexity index is 72.0. The molecule has 34 valence electrons. The highest BCUT2D eigenvalue weighted by Gasteiger charge is 2.62. The normalized spacial score (nSPS) is 60.5. The Labute approximate surface area is 51.4 Å². The van der Waals surface area contributed by atoms with Crippen molar-refractivity contribution in [1.82, 2.24) is 0 Å². The maximum Gasteiger partial charge on any atom is 0.00292 e. The van der Waals surface area contributed by atoms with Crippen LogP contribution in [0, 0.1) is 17.8 Å². The third-order valence-corrected chi connectivity index (χ3v) is 3.05. The molecule has 0 aliphatic heterocycles. The van der Waals surface area contributed by atoms with Crippen LogP contribution >= 0.6 is 22.6 Å². The zero-order valence-corrected chi connectivity index (χ0v) is 5.68. The van der Waals surface area contributed by atoms with Crippen LogP contribution in [0.2, 0.25) is 0 Å². The van der Waals surface area contributed by atoms with Crippen molar-refractivity contribution >= 4 is 22.6 Å². The summed E-state index contributed by atoms with van der Waals surface area (Å²) in [5, 5.41) is 0. The zero-order valence-electron chi connectivity index (χ0n) is 3.52. The van der Waals surface area contributed by atoms with Crippen molar-refractivity contribution in [2.45, 2.75) is 6.42 Å². The fourth-order valence-corrected chi connectivity index (χ4v) is 2.45. The zero-order chi connectivity index (χ0) is 4.15. The number of hydrogen-bond acceptors (Lipinski definition) is 0. The first-order valence-electron chi connectivity index (χ1n) is 2.49. The molecule has 0 radical (unpaired) electrons. The lowest BCUT2D eigenvalue weighted by Gasteiger charge is -1.89. The highest BCUT2D eigenvalue weighted by molar-refractivity contribution is 14.1. The molecular weight excluding hydrogens is 187 g/mol. The van der Waals surface area contributed by atoms with Gasteiger partial charge >= 0.3 is 0 Å². The van der Waals surface area contributed by atoms with Gasteiger partial charge in [0.05, 0.1) is 0 Å². The van der Waals surface area contributed by atoms with Gasteiger partial charge in [-0.05, 0) is 24.2 Å². The predicted octanol–water partition coefficient (Wildman–Crippen LogP) is 1.69. The smallest absolute Gasteiger partial charge is 0.00292 e. The van der Waals surface area contributed by atoms with Crippen LogP contribution in [0.15, 0.2) is 0 Å². The number of fused-ring (bicyclic) bond motifs is 1. The van der Waals surface area contributed by atoms with Crippen molar-refractivity contribution in [3.63, 3.8) is 0 Å². The van der Waals surface area contributed by atoms with E-state index in [1.807, 2.05) is 0 Å². The maximum absolute atomic E-state index is 2.49. The molecule has 2 rings (SSSR count). The van der Waals surface area contributed by atoms with E-state index in [0.717, 1.165) is 0 Å². The summed E-state index contributed by atoms with van der Waals surface area (Å²) in [4.78, 5) is 0. The summed E-state index contributed by atoms with van der Waals surface area (Å²) in [5.74, 6) is 3.63. The molecule has 0 bridgehead atoms. The highest BCUT2D eigenvalue weighted by Crippen LogP contribution is 2.68. The van der Waals surface area contributed by atoms with Gasteiger partial charge in [0.2, 0.25) is 0 Å². The summed E-state index contributed by atoms with van der Waals surface area (Å²) in [6.07, 6.45) is 1.58. The molecule has 0 saturated heterocycles. The Balaban J connectivity index is 1.92. The lowest BCUT2D eigenvalue weighted by atomic mass is 10.2. The van der Waals surface area contributed by atoms with Gasteiger partial charge in [-0.25, -0.2) is 0 Å². The van der Waals surface area contributed by atoms with E-state index in [1.54, 1.807) is 6.42 Å². The van der Waals surface area contributed by atoms with Crippen LogP contribution in [0.25, 0.3) is 0 Å². The molecular formula is C5H7I. The Hall–Kier alpha value is 0.730. The SMILES string of the molecule is ICC1C2C[C@@H]12. The van der Waals surface area contributed by atoms with Gasteiger partial charge in [0.15, 0.2) is 0 Å². The highest BCUT2D eigenvalue weighted by atomic mass is 127. The molecule has 0 aromatic carbocycles. The summed E-state index contributed by atoms with van der Waals surface area (Å²) in [5.41, 5.74) is 0. The van der Waals surface area contributed by atoms with Crippen LogP contribution in [0.5, 0.6) is 0 Å². The van der Waals surface area contributed by atoms with Gasteiger partial charge in [-0.2, -0.15) is 0 Å². The molecule has 0 aromatic heterocycles. The van der Waals surface area contributed by atoms with E-state index in [0.29, 0.717) is 0 Å². The molecule has 0 spiro atoms. The molecule has 0 N–H and O–H groups in total. The third-order valence-electron chi connectivity index (χ3n) is 2.03. The van der Waals surface area contributed by atoms with E-state index in [-0.39, 0.29) is 0 Å². The van der Waals surface area contributed by atoms with Crippen molar-refractivity contribution in [1.29, 1.82) is 0 Å². The summed E-state index contributed by atoms with van der Waals surface area (Å²) in [7, 11) is 0. The first kappa shape index (κ1) is 3.70. The lowest BCUT2D eigenvalue weighted by molar-refractivity contribution is 0.699. The first-order chi connectivity index (χ1) is 2.93. The van der Waals surface area contributed by atoms with Crippen molar-refractivity contribution in [2.24, 2.45) is 17.8 Å². The van der Waals surface area contributed by atoms with Gasteiger partial charge in [0, 0.05) is 4.43 Å². The fourth-order valence-electron chi connectivity index (χ4n) is 1.14. The minimum atomic E-state index is 1.19. The second-order valence-electron chi connectivity index (χ2n) is 2.38. The van der Waals surface area contributed by atoms with Crippen LogP contribution in [-0.2, 0) is 0 Å². The van der Waals surface area contributed by atoms with E-state index in [9.17, 15) is 0 Å². The summed E-state index contributed by atoms with van der Waals surface area (Å²) < 4.78 is 1.42. The van der Waals surface area contributed by atoms with Crippen molar-refractivity contribution in [3.8, 4) is 0 Å². The van der Waals surface area contributed by atoms with Gasteiger partial charge in [-0.3, -0.25) is 0 Å². The topological polar surface area (TPSA) is 0 Å². The predicted molar refractivity (Wildman–Crippen MR) is 34.0 cm³/mol. The van der Waals surface area contributed by atoms with Crippen LogP contribution < -0.4 is 0 Å². The molecule has 3 atom stereocenters. The molecule has 2 saturated carbocycles. The van der Waals surface area contributed by atoms with E-state index in [2.05, 4.69) is 22.6 Å². The number of rotatable bonds is 1. The molecule has 2 aliphatic rings. The fraction of sp³-hybridized carbons (Fsp3) is 1.00. The summed E-state index contributed by atoms with van der Waals surface area (Å²) in [6, 6.07) is 0. The van der Waals surface area contributed by atoms with Gasteiger partial charge in [-0.1, -0.05) is 22.6 Å². The van der Waals surface area contributed by atoms with E-state index >= 15 is 0 Å². The van der Waals surface area contributed by atoms with Crippen molar-refractivity contribution in [3.05, 3.63) is 0 Å². The van der Waals surface area contributed by atoms with E-state index < -0.39 is 0 Å². The molecule has 2 unspecified atom stereocenters. The first-order valence-corrected chi connectivity index (χ1v) is 4.02. The number of halogens is 1. The van der Waals surface area contributed by atoms with Gasteiger partial charge < -0.3 is 0 Å². The van der Waals surface area contributed by atoms with Crippen molar-refractivity contribution < 1.29 is 0 Å². The van der Waals surface area contributed by atoms with Crippen LogP contribution in [0.3, 0.4) is 0 Å². The third kappa shape index (κ3) is 0.303. The minimum Gasteiger partial charge on any atom is -0.0861 e. The van der Waals surface area contributed by atoms with Crippen LogP contribution in [-0.4, -0.2) is 4.43 Å². The minimum absolute atomic E-state index is 1.19. The maximum atomic E-state index is 2.49.